The number of benzene rings is 1. The van der Waals surface area contributed by atoms with Gasteiger partial charge in [0.05, 0.1) is 5.52 Å². The van der Waals surface area contributed by atoms with E-state index in [-0.39, 0.29) is 0 Å². The summed E-state index contributed by atoms with van der Waals surface area (Å²) in [6.07, 6.45) is 6.60. The molecule has 20 heavy (non-hydrogen) atoms. The van der Waals surface area contributed by atoms with E-state index >= 15 is 0 Å². The third kappa shape index (κ3) is 2.50. The molecule has 3 rings (SSSR count). The number of imidazole rings is 1. The molecule has 3 aromatic rings. The Kier molecular flexibility index (Phi) is 3.63. The summed E-state index contributed by atoms with van der Waals surface area (Å²) in [6.45, 7) is 3.90. The van der Waals surface area contributed by atoms with Gasteiger partial charge < -0.3 is 9.88 Å². The predicted octanol–water partition coefficient (Wildman–Crippen LogP) is 3.11. The Morgan fingerprint density at radius 2 is 2.00 bits per heavy atom. The van der Waals surface area contributed by atoms with E-state index in [0.717, 1.165) is 31.0 Å². The third-order valence-electron chi connectivity index (χ3n) is 3.45. The number of fused-ring (bicyclic) bond motifs is 1. The monoisotopic (exact) mass is 266 g/mol. The van der Waals surface area contributed by atoms with Crippen LogP contribution in [0.25, 0.3) is 10.9 Å². The summed E-state index contributed by atoms with van der Waals surface area (Å²) in [5.41, 5.74) is 2.36. The number of anilines is 1. The fourth-order valence-electron chi connectivity index (χ4n) is 2.41. The average Bonchev–Trinajstić information content (AvgIpc) is 2.95. The SMILES string of the molecule is CCn1ccnc1NCCc1cccc2cccnc12. The lowest BCUT2D eigenvalue weighted by atomic mass is 10.1. The van der Waals surface area contributed by atoms with Gasteiger partial charge in [-0.3, -0.25) is 4.98 Å². The molecule has 0 fully saturated rings. The van der Waals surface area contributed by atoms with Crippen LogP contribution in [0.2, 0.25) is 0 Å². The van der Waals surface area contributed by atoms with Crippen LogP contribution in [0.3, 0.4) is 0 Å². The van der Waals surface area contributed by atoms with Crippen molar-refractivity contribution in [3.05, 3.63) is 54.5 Å². The molecule has 1 aromatic carbocycles. The number of aryl methyl sites for hydroxylation is 1. The van der Waals surface area contributed by atoms with Gasteiger partial charge in [-0.2, -0.15) is 0 Å². The van der Waals surface area contributed by atoms with Crippen LogP contribution in [-0.2, 0) is 13.0 Å². The highest BCUT2D eigenvalue weighted by molar-refractivity contribution is 5.81. The molecule has 102 valence electrons. The van der Waals surface area contributed by atoms with E-state index in [2.05, 4.69) is 51.0 Å². The van der Waals surface area contributed by atoms with Gasteiger partial charge in [0.15, 0.2) is 0 Å². The van der Waals surface area contributed by atoms with E-state index < -0.39 is 0 Å². The van der Waals surface area contributed by atoms with Crippen molar-refractivity contribution in [2.45, 2.75) is 19.9 Å². The Morgan fingerprint density at radius 3 is 2.90 bits per heavy atom. The Morgan fingerprint density at radius 1 is 1.10 bits per heavy atom. The predicted molar refractivity (Wildman–Crippen MR) is 81.8 cm³/mol. The highest BCUT2D eigenvalue weighted by atomic mass is 15.2. The van der Waals surface area contributed by atoms with Crippen LogP contribution in [0.5, 0.6) is 0 Å². The number of hydrogen-bond acceptors (Lipinski definition) is 3. The smallest absolute Gasteiger partial charge is 0.202 e. The highest BCUT2D eigenvalue weighted by Crippen LogP contribution is 2.16. The van der Waals surface area contributed by atoms with Gasteiger partial charge in [0.25, 0.3) is 0 Å². The first-order valence-corrected chi connectivity index (χ1v) is 6.96. The van der Waals surface area contributed by atoms with E-state index in [9.17, 15) is 0 Å². The van der Waals surface area contributed by atoms with Gasteiger partial charge in [0.2, 0.25) is 5.95 Å². The minimum absolute atomic E-state index is 0.854. The summed E-state index contributed by atoms with van der Waals surface area (Å²) in [5.74, 6) is 0.931. The van der Waals surface area contributed by atoms with Crippen LogP contribution in [-0.4, -0.2) is 21.1 Å². The van der Waals surface area contributed by atoms with Crippen molar-refractivity contribution in [2.75, 3.05) is 11.9 Å². The molecule has 1 N–H and O–H groups in total. The zero-order valence-electron chi connectivity index (χ0n) is 11.6. The fraction of sp³-hybridized carbons (Fsp3) is 0.250. The number of para-hydroxylation sites is 1. The average molecular weight is 266 g/mol. The molecule has 0 aliphatic rings. The molecular weight excluding hydrogens is 248 g/mol. The van der Waals surface area contributed by atoms with Gasteiger partial charge in [0, 0.05) is 37.1 Å². The molecule has 2 heterocycles. The summed E-state index contributed by atoms with van der Waals surface area (Å²) in [6, 6.07) is 10.4. The summed E-state index contributed by atoms with van der Waals surface area (Å²) >= 11 is 0. The number of nitrogens with zero attached hydrogens (tertiary/aromatic N) is 3. The molecule has 0 saturated heterocycles. The maximum absolute atomic E-state index is 4.48. The molecule has 4 heteroatoms. The zero-order chi connectivity index (χ0) is 13.8. The Labute approximate surface area is 118 Å². The van der Waals surface area contributed by atoms with Crippen molar-refractivity contribution in [1.29, 1.82) is 0 Å². The molecule has 0 bridgehead atoms. The zero-order valence-corrected chi connectivity index (χ0v) is 11.6. The number of nitrogens with one attached hydrogen (secondary N) is 1. The van der Waals surface area contributed by atoms with Crippen LogP contribution < -0.4 is 5.32 Å². The molecule has 4 nitrogen and oxygen atoms in total. The lowest BCUT2D eigenvalue weighted by molar-refractivity contribution is 0.762. The van der Waals surface area contributed by atoms with Gasteiger partial charge >= 0.3 is 0 Å². The van der Waals surface area contributed by atoms with E-state index in [1.54, 1.807) is 0 Å². The minimum atomic E-state index is 0.854. The van der Waals surface area contributed by atoms with Crippen molar-refractivity contribution in [1.82, 2.24) is 14.5 Å². The normalized spacial score (nSPS) is 10.8. The largest absolute Gasteiger partial charge is 0.355 e. The number of rotatable bonds is 5. The summed E-state index contributed by atoms with van der Waals surface area (Å²) < 4.78 is 2.10. The first-order valence-electron chi connectivity index (χ1n) is 6.96. The molecule has 0 saturated carbocycles. The lowest BCUT2D eigenvalue weighted by Crippen LogP contribution is -2.10. The fourth-order valence-corrected chi connectivity index (χ4v) is 2.41. The highest BCUT2D eigenvalue weighted by Gasteiger charge is 2.03. The van der Waals surface area contributed by atoms with Crippen LogP contribution in [0.15, 0.2) is 48.9 Å². The number of hydrogen-bond donors (Lipinski definition) is 1. The summed E-state index contributed by atoms with van der Waals surface area (Å²) in [4.78, 5) is 8.80. The molecular formula is C16H18N4. The van der Waals surface area contributed by atoms with Crippen LogP contribution in [0.1, 0.15) is 12.5 Å². The Balaban J connectivity index is 1.71. The first kappa shape index (κ1) is 12.7. The number of pyridine rings is 1. The standard InChI is InChI=1S/C16H18N4/c1-2-20-12-11-19-16(20)18-10-8-14-6-3-5-13-7-4-9-17-15(13)14/h3-7,9,11-12H,2,8,10H2,1H3,(H,18,19). The van der Waals surface area contributed by atoms with Crippen molar-refractivity contribution in [3.8, 4) is 0 Å². The second kappa shape index (κ2) is 5.74. The maximum Gasteiger partial charge on any atom is 0.202 e. The van der Waals surface area contributed by atoms with E-state index in [1.807, 2.05) is 24.7 Å². The summed E-state index contributed by atoms with van der Waals surface area (Å²) in [7, 11) is 0. The lowest BCUT2D eigenvalue weighted by Gasteiger charge is -2.09. The van der Waals surface area contributed by atoms with Crippen molar-refractivity contribution >= 4 is 16.9 Å². The van der Waals surface area contributed by atoms with Crippen LogP contribution >= 0.6 is 0 Å². The molecule has 0 aliphatic heterocycles. The molecule has 0 radical (unpaired) electrons. The molecule has 0 aliphatic carbocycles. The van der Waals surface area contributed by atoms with Gasteiger partial charge in [0.1, 0.15) is 0 Å². The van der Waals surface area contributed by atoms with Gasteiger partial charge in [-0.25, -0.2) is 4.98 Å². The van der Waals surface area contributed by atoms with E-state index in [0.29, 0.717) is 0 Å². The first-order chi connectivity index (χ1) is 9.88. The van der Waals surface area contributed by atoms with E-state index in [4.69, 9.17) is 0 Å². The Hall–Kier alpha value is -2.36. The second-order valence-corrected chi connectivity index (χ2v) is 4.71. The molecule has 0 atom stereocenters. The third-order valence-corrected chi connectivity index (χ3v) is 3.45. The minimum Gasteiger partial charge on any atom is -0.355 e. The van der Waals surface area contributed by atoms with Crippen molar-refractivity contribution < 1.29 is 0 Å². The topological polar surface area (TPSA) is 42.7 Å². The second-order valence-electron chi connectivity index (χ2n) is 4.71. The quantitative estimate of drug-likeness (QED) is 0.771. The van der Waals surface area contributed by atoms with Crippen LogP contribution in [0.4, 0.5) is 5.95 Å². The molecule has 2 aromatic heterocycles. The Bertz CT molecular complexity index is 697. The van der Waals surface area contributed by atoms with Crippen LogP contribution in [0, 0.1) is 0 Å². The van der Waals surface area contributed by atoms with E-state index in [1.165, 1.54) is 10.9 Å². The van der Waals surface area contributed by atoms with Gasteiger partial charge in [-0.15, -0.1) is 0 Å². The van der Waals surface area contributed by atoms with Crippen molar-refractivity contribution in [2.24, 2.45) is 0 Å². The van der Waals surface area contributed by atoms with Gasteiger partial charge in [-0.1, -0.05) is 24.3 Å². The van der Waals surface area contributed by atoms with Gasteiger partial charge in [-0.05, 0) is 25.0 Å². The number of aromatic nitrogens is 3. The molecule has 0 amide bonds. The molecule has 0 unspecified atom stereocenters. The van der Waals surface area contributed by atoms with Crippen molar-refractivity contribution in [3.63, 3.8) is 0 Å². The molecule has 0 spiro atoms. The maximum atomic E-state index is 4.48. The summed E-state index contributed by atoms with van der Waals surface area (Å²) in [5, 5.41) is 4.58.